The molecule has 0 radical (unpaired) electrons. The molecule has 3 N–H and O–H groups in total. The van der Waals surface area contributed by atoms with Crippen molar-refractivity contribution in [2.45, 2.75) is 19.0 Å². The fraction of sp³-hybridized carbons (Fsp3) is 0.750. The Morgan fingerprint density at radius 1 is 1.64 bits per heavy atom. The number of nitrogens with two attached hydrogens (primary N) is 1. The van der Waals surface area contributed by atoms with Crippen molar-refractivity contribution in [3.63, 3.8) is 0 Å². The first kappa shape index (κ1) is 10.9. The third-order valence-corrected chi connectivity index (χ3v) is 2.35. The zero-order valence-electron chi connectivity index (χ0n) is 7.97. The fourth-order valence-corrected chi connectivity index (χ4v) is 1.47. The normalized spacial score (nSPS) is 25.6. The zero-order valence-corrected chi connectivity index (χ0v) is 7.97. The van der Waals surface area contributed by atoms with Gasteiger partial charge in [0.2, 0.25) is 5.91 Å². The lowest BCUT2D eigenvalue weighted by Gasteiger charge is -2.35. The average Bonchev–Trinajstić information content (AvgIpc) is 2.16. The lowest BCUT2D eigenvalue weighted by atomic mass is 10.1. The van der Waals surface area contributed by atoms with Gasteiger partial charge in [0, 0.05) is 6.54 Å². The van der Waals surface area contributed by atoms with Gasteiger partial charge in [-0.25, -0.2) is 0 Å². The van der Waals surface area contributed by atoms with Crippen molar-refractivity contribution >= 4 is 11.9 Å². The predicted molar refractivity (Wildman–Crippen MR) is 47.6 cm³/mol. The largest absolute Gasteiger partial charge is 0.480 e. The number of carbonyl (C=O) groups excluding carboxylic acids is 1. The second-order valence-electron chi connectivity index (χ2n) is 3.25. The minimum absolute atomic E-state index is 0.174. The molecule has 1 saturated heterocycles. The maximum Gasteiger partial charge on any atom is 0.320 e. The third-order valence-electron chi connectivity index (χ3n) is 2.35. The summed E-state index contributed by atoms with van der Waals surface area (Å²) in [5.41, 5.74) is 5.14. The second-order valence-corrected chi connectivity index (χ2v) is 3.25. The highest BCUT2D eigenvalue weighted by Gasteiger charge is 2.33. The van der Waals surface area contributed by atoms with Crippen molar-refractivity contribution < 1.29 is 19.4 Å². The molecule has 14 heavy (non-hydrogen) atoms. The van der Waals surface area contributed by atoms with E-state index in [4.69, 9.17) is 15.6 Å². The zero-order chi connectivity index (χ0) is 10.7. The van der Waals surface area contributed by atoms with Gasteiger partial charge in [-0.2, -0.15) is 0 Å². The molecule has 1 fully saturated rings. The van der Waals surface area contributed by atoms with Crippen molar-refractivity contribution in [1.82, 2.24) is 4.90 Å². The molecule has 1 amide bonds. The van der Waals surface area contributed by atoms with Gasteiger partial charge in [0.05, 0.1) is 13.2 Å². The standard InChI is InChI=1S/C8H14N2O4/c1-5(8(12)13)10-2-3-14-4-6(10)7(9)11/h5-6H,2-4H2,1H3,(H2,9,11)(H,12,13). The quantitative estimate of drug-likeness (QED) is 0.590. The van der Waals surface area contributed by atoms with E-state index in [-0.39, 0.29) is 6.61 Å². The molecule has 1 rings (SSSR count). The summed E-state index contributed by atoms with van der Waals surface area (Å²) in [5.74, 6) is -1.50. The minimum Gasteiger partial charge on any atom is -0.480 e. The molecule has 80 valence electrons. The minimum atomic E-state index is -0.960. The number of carboxylic acid groups (broad SMARTS) is 1. The van der Waals surface area contributed by atoms with Crippen molar-refractivity contribution in [1.29, 1.82) is 0 Å². The first-order valence-electron chi connectivity index (χ1n) is 4.39. The summed E-state index contributed by atoms with van der Waals surface area (Å²) in [6, 6.07) is -1.34. The maximum absolute atomic E-state index is 11.0. The number of hydrogen-bond donors (Lipinski definition) is 2. The SMILES string of the molecule is CC(C(=O)O)N1CCOCC1C(N)=O. The number of morpholine rings is 1. The summed E-state index contributed by atoms with van der Waals surface area (Å²) in [6.45, 7) is 2.55. The Morgan fingerprint density at radius 2 is 2.29 bits per heavy atom. The van der Waals surface area contributed by atoms with Crippen LogP contribution in [0.5, 0.6) is 0 Å². The molecule has 1 heterocycles. The molecule has 0 aromatic rings. The molecule has 2 atom stereocenters. The number of ether oxygens (including phenoxy) is 1. The van der Waals surface area contributed by atoms with E-state index in [1.807, 2.05) is 0 Å². The molecule has 6 nitrogen and oxygen atoms in total. The van der Waals surface area contributed by atoms with Crippen LogP contribution in [0, 0.1) is 0 Å². The lowest BCUT2D eigenvalue weighted by Crippen LogP contribution is -2.57. The number of carboxylic acids is 1. The Labute approximate surface area is 81.6 Å². The molecule has 0 bridgehead atoms. The summed E-state index contributed by atoms with van der Waals surface area (Å²) >= 11 is 0. The molecule has 0 spiro atoms. The Bertz CT molecular complexity index is 243. The van der Waals surface area contributed by atoms with Crippen molar-refractivity contribution in [3.8, 4) is 0 Å². The summed E-state index contributed by atoms with van der Waals surface area (Å²) in [4.78, 5) is 23.3. The molecule has 6 heteroatoms. The summed E-state index contributed by atoms with van der Waals surface area (Å²) < 4.78 is 5.07. The number of nitrogens with zero attached hydrogens (tertiary/aromatic N) is 1. The van der Waals surface area contributed by atoms with Gasteiger partial charge in [-0.3, -0.25) is 14.5 Å². The first-order valence-corrected chi connectivity index (χ1v) is 4.39. The van der Waals surface area contributed by atoms with Gasteiger partial charge in [-0.05, 0) is 6.92 Å². The molecular weight excluding hydrogens is 188 g/mol. The second kappa shape index (κ2) is 4.39. The topological polar surface area (TPSA) is 92.9 Å². The lowest BCUT2D eigenvalue weighted by molar-refractivity contribution is -0.148. The molecule has 0 aromatic heterocycles. The highest BCUT2D eigenvalue weighted by atomic mass is 16.5. The summed E-state index contributed by atoms with van der Waals surface area (Å²) in [5, 5.41) is 8.80. The number of primary amides is 1. The van der Waals surface area contributed by atoms with Gasteiger partial charge < -0.3 is 15.6 Å². The van der Waals surface area contributed by atoms with Crippen LogP contribution in [0.4, 0.5) is 0 Å². The molecule has 0 aliphatic carbocycles. The van der Waals surface area contributed by atoms with Crippen LogP contribution >= 0.6 is 0 Å². The Morgan fingerprint density at radius 3 is 2.79 bits per heavy atom. The molecule has 0 saturated carbocycles. The molecule has 1 aliphatic rings. The molecule has 2 unspecified atom stereocenters. The first-order chi connectivity index (χ1) is 6.54. The summed E-state index contributed by atoms with van der Waals surface area (Å²) in [6.07, 6.45) is 0. The monoisotopic (exact) mass is 202 g/mol. The third kappa shape index (κ3) is 2.21. The number of aliphatic carboxylic acids is 1. The number of amides is 1. The van der Waals surface area contributed by atoms with E-state index in [1.165, 1.54) is 6.92 Å². The van der Waals surface area contributed by atoms with Crippen LogP contribution in [-0.2, 0) is 14.3 Å². The highest BCUT2D eigenvalue weighted by molar-refractivity contribution is 5.81. The fourth-order valence-electron chi connectivity index (χ4n) is 1.47. The molecular formula is C8H14N2O4. The van der Waals surface area contributed by atoms with Gasteiger partial charge in [0.15, 0.2) is 0 Å². The van der Waals surface area contributed by atoms with Crippen molar-refractivity contribution in [2.24, 2.45) is 5.73 Å². The number of rotatable bonds is 3. The number of hydrogen-bond acceptors (Lipinski definition) is 4. The van der Waals surface area contributed by atoms with Crippen LogP contribution in [0.2, 0.25) is 0 Å². The van der Waals surface area contributed by atoms with E-state index in [2.05, 4.69) is 0 Å². The van der Waals surface area contributed by atoms with Crippen LogP contribution in [0.15, 0.2) is 0 Å². The van der Waals surface area contributed by atoms with Gasteiger partial charge in [0.1, 0.15) is 12.1 Å². The van der Waals surface area contributed by atoms with Crippen LogP contribution in [0.25, 0.3) is 0 Å². The van der Waals surface area contributed by atoms with Crippen molar-refractivity contribution in [3.05, 3.63) is 0 Å². The summed E-state index contributed by atoms with van der Waals surface area (Å²) in [7, 11) is 0. The van der Waals surface area contributed by atoms with Crippen LogP contribution in [0.3, 0.4) is 0 Å². The average molecular weight is 202 g/mol. The Kier molecular flexibility index (Phi) is 3.43. The Balaban J connectivity index is 2.72. The van der Waals surface area contributed by atoms with Gasteiger partial charge in [-0.15, -0.1) is 0 Å². The molecule has 0 aromatic carbocycles. The van der Waals surface area contributed by atoms with Gasteiger partial charge >= 0.3 is 5.97 Å². The van der Waals surface area contributed by atoms with Crippen LogP contribution in [-0.4, -0.2) is 53.7 Å². The molecule has 1 aliphatic heterocycles. The predicted octanol–water partition coefficient (Wildman–Crippen LogP) is -1.35. The van der Waals surface area contributed by atoms with E-state index in [0.717, 1.165) is 0 Å². The van der Waals surface area contributed by atoms with E-state index in [1.54, 1.807) is 4.90 Å². The van der Waals surface area contributed by atoms with Gasteiger partial charge in [0.25, 0.3) is 0 Å². The maximum atomic E-state index is 11.0. The van der Waals surface area contributed by atoms with Crippen molar-refractivity contribution in [2.75, 3.05) is 19.8 Å². The van der Waals surface area contributed by atoms with E-state index >= 15 is 0 Å². The van der Waals surface area contributed by atoms with Crippen LogP contribution in [0.1, 0.15) is 6.92 Å². The smallest absolute Gasteiger partial charge is 0.320 e. The van der Waals surface area contributed by atoms with Gasteiger partial charge in [-0.1, -0.05) is 0 Å². The van der Waals surface area contributed by atoms with E-state index in [9.17, 15) is 9.59 Å². The van der Waals surface area contributed by atoms with E-state index in [0.29, 0.717) is 13.2 Å². The highest BCUT2D eigenvalue weighted by Crippen LogP contribution is 2.10. The van der Waals surface area contributed by atoms with E-state index < -0.39 is 24.0 Å². The Hall–Kier alpha value is -1.14. The number of carbonyl (C=O) groups is 2. The van der Waals surface area contributed by atoms with Crippen LogP contribution < -0.4 is 5.73 Å².